The smallest absolute Gasteiger partial charge is 0.264 e. The van der Waals surface area contributed by atoms with Gasteiger partial charge >= 0.3 is 0 Å². The average Bonchev–Trinajstić information content (AvgIpc) is 2.83. The number of nitrogens with one attached hydrogen (secondary N) is 1. The lowest BCUT2D eigenvalue weighted by Crippen LogP contribution is -2.39. The molecule has 0 aliphatic rings. The Kier molecular flexibility index (Phi) is 8.84. The molecule has 3 aromatic carbocycles. The van der Waals surface area contributed by atoms with Crippen LogP contribution in [0.2, 0.25) is 0 Å². The number of nitrogens with zero attached hydrogens (tertiary/aromatic N) is 2. The molecule has 0 aliphatic carbocycles. The predicted molar refractivity (Wildman–Crippen MR) is 138 cm³/mol. The Labute approximate surface area is 208 Å². The molecule has 9 heteroatoms. The van der Waals surface area contributed by atoms with Crippen molar-refractivity contribution in [3.05, 3.63) is 88.4 Å². The number of hydrazone groups is 1. The zero-order valence-corrected chi connectivity index (χ0v) is 21.3. The molecule has 0 saturated heterocycles. The van der Waals surface area contributed by atoms with Crippen LogP contribution in [0.1, 0.15) is 24.5 Å². The number of benzene rings is 3. The molecule has 0 aromatic heterocycles. The van der Waals surface area contributed by atoms with Crippen LogP contribution in [0, 0.1) is 6.92 Å². The first-order valence-electron chi connectivity index (χ1n) is 10.7. The van der Waals surface area contributed by atoms with Gasteiger partial charge in [0.1, 0.15) is 12.3 Å². The van der Waals surface area contributed by atoms with Crippen molar-refractivity contribution >= 4 is 43.8 Å². The van der Waals surface area contributed by atoms with E-state index in [1.807, 2.05) is 38.1 Å². The summed E-state index contributed by atoms with van der Waals surface area (Å²) in [5.41, 5.74) is 4.48. The number of hydrogen-bond donors (Lipinski definition) is 1. The average molecular weight is 544 g/mol. The van der Waals surface area contributed by atoms with Crippen molar-refractivity contribution in [2.24, 2.45) is 5.10 Å². The predicted octanol–water partition coefficient (Wildman–Crippen LogP) is 4.89. The van der Waals surface area contributed by atoms with E-state index in [1.165, 1.54) is 18.3 Å². The van der Waals surface area contributed by atoms with Gasteiger partial charge in [0.25, 0.3) is 15.9 Å². The molecule has 0 aliphatic heterocycles. The van der Waals surface area contributed by atoms with Crippen molar-refractivity contribution < 1.29 is 17.9 Å². The van der Waals surface area contributed by atoms with Crippen LogP contribution < -0.4 is 14.5 Å². The van der Waals surface area contributed by atoms with Crippen molar-refractivity contribution in [2.75, 3.05) is 17.5 Å². The van der Waals surface area contributed by atoms with Crippen LogP contribution in [0.4, 0.5) is 5.69 Å². The molecular formula is C25H26BrN3O4S. The lowest BCUT2D eigenvalue weighted by molar-refractivity contribution is -0.119. The molecule has 7 nitrogen and oxygen atoms in total. The van der Waals surface area contributed by atoms with Gasteiger partial charge in [0.15, 0.2) is 0 Å². The van der Waals surface area contributed by atoms with E-state index in [0.29, 0.717) is 12.3 Å². The monoisotopic (exact) mass is 543 g/mol. The summed E-state index contributed by atoms with van der Waals surface area (Å²) in [7, 11) is -3.98. The molecule has 0 spiro atoms. The Morgan fingerprint density at radius 1 is 1.03 bits per heavy atom. The molecule has 178 valence electrons. The molecule has 0 unspecified atom stereocenters. The van der Waals surface area contributed by atoms with E-state index >= 15 is 0 Å². The standard InChI is InChI=1S/C25H26BrN3O4S/c1-3-16-33-23-12-6-20(7-13-23)17-27-28-25(30)18-29(22-10-8-21(26)9-11-22)34(31,32)24-14-4-19(2)5-15-24/h4-15,17H,3,16,18H2,1-2H3,(H,28,30)/b27-17-. The first kappa shape index (κ1) is 25.5. The number of rotatable bonds is 10. The molecule has 3 rings (SSSR count). The van der Waals surface area contributed by atoms with Gasteiger partial charge < -0.3 is 4.74 Å². The van der Waals surface area contributed by atoms with Crippen LogP contribution >= 0.6 is 15.9 Å². The van der Waals surface area contributed by atoms with Gasteiger partial charge in [-0.2, -0.15) is 5.10 Å². The summed E-state index contributed by atoms with van der Waals surface area (Å²) in [5, 5.41) is 3.97. The van der Waals surface area contributed by atoms with Gasteiger partial charge in [-0.1, -0.05) is 40.5 Å². The number of halogens is 1. The third-order valence-corrected chi connectivity index (χ3v) is 7.08. The first-order chi connectivity index (χ1) is 16.3. The quantitative estimate of drug-likeness (QED) is 0.291. The van der Waals surface area contributed by atoms with Crippen LogP contribution in [-0.4, -0.2) is 33.7 Å². The lowest BCUT2D eigenvalue weighted by atomic mass is 10.2. The highest BCUT2D eigenvalue weighted by Crippen LogP contribution is 2.25. The third-order valence-electron chi connectivity index (χ3n) is 4.77. The lowest BCUT2D eigenvalue weighted by Gasteiger charge is -2.23. The fourth-order valence-corrected chi connectivity index (χ4v) is 4.66. The Bertz CT molecular complexity index is 1230. The highest BCUT2D eigenvalue weighted by atomic mass is 79.9. The summed E-state index contributed by atoms with van der Waals surface area (Å²) < 4.78 is 34.1. The van der Waals surface area contributed by atoms with E-state index in [4.69, 9.17) is 4.74 Å². The van der Waals surface area contributed by atoms with Crippen LogP contribution in [0.5, 0.6) is 5.75 Å². The third kappa shape index (κ3) is 6.91. The van der Waals surface area contributed by atoms with E-state index in [9.17, 15) is 13.2 Å². The summed E-state index contributed by atoms with van der Waals surface area (Å²) >= 11 is 3.35. The second-order valence-electron chi connectivity index (χ2n) is 7.51. The molecule has 1 amide bonds. The normalized spacial score (nSPS) is 11.4. The van der Waals surface area contributed by atoms with Crippen molar-refractivity contribution in [3.63, 3.8) is 0 Å². The molecule has 0 bridgehead atoms. The molecule has 0 radical (unpaired) electrons. The number of amides is 1. The largest absolute Gasteiger partial charge is 0.494 e. The minimum atomic E-state index is -3.98. The summed E-state index contributed by atoms with van der Waals surface area (Å²) in [5.74, 6) is 0.187. The van der Waals surface area contributed by atoms with Gasteiger partial charge in [-0.25, -0.2) is 13.8 Å². The SMILES string of the molecule is CCCOc1ccc(/C=N\NC(=O)CN(c2ccc(Br)cc2)S(=O)(=O)c2ccc(C)cc2)cc1. The summed E-state index contributed by atoms with van der Waals surface area (Å²) in [6.45, 7) is 4.12. The van der Waals surface area contributed by atoms with E-state index in [0.717, 1.165) is 32.1 Å². The zero-order chi connectivity index (χ0) is 24.6. The second-order valence-corrected chi connectivity index (χ2v) is 10.3. The number of hydrogen-bond acceptors (Lipinski definition) is 5. The maximum absolute atomic E-state index is 13.4. The molecular weight excluding hydrogens is 518 g/mol. The summed E-state index contributed by atoms with van der Waals surface area (Å²) in [4.78, 5) is 12.7. The highest BCUT2D eigenvalue weighted by Gasteiger charge is 2.27. The maximum Gasteiger partial charge on any atom is 0.264 e. The molecule has 0 fully saturated rings. The summed E-state index contributed by atoms with van der Waals surface area (Å²) in [6, 6.07) is 20.5. The topological polar surface area (TPSA) is 88.1 Å². The van der Waals surface area contributed by atoms with Crippen LogP contribution in [0.25, 0.3) is 0 Å². The van der Waals surface area contributed by atoms with Gasteiger partial charge in [-0.15, -0.1) is 0 Å². The van der Waals surface area contributed by atoms with Crippen LogP contribution in [0.15, 0.2) is 87.3 Å². The second kappa shape index (κ2) is 11.8. The number of carbonyl (C=O) groups is 1. The van der Waals surface area contributed by atoms with Gasteiger partial charge in [0.2, 0.25) is 0 Å². The van der Waals surface area contributed by atoms with E-state index in [2.05, 4.69) is 26.5 Å². The maximum atomic E-state index is 13.4. The molecule has 0 atom stereocenters. The first-order valence-corrected chi connectivity index (χ1v) is 12.9. The van der Waals surface area contributed by atoms with Crippen molar-refractivity contribution in [1.29, 1.82) is 0 Å². The van der Waals surface area contributed by atoms with Crippen LogP contribution in [-0.2, 0) is 14.8 Å². The Morgan fingerprint density at radius 3 is 2.29 bits per heavy atom. The van der Waals surface area contributed by atoms with E-state index in [-0.39, 0.29) is 4.90 Å². The van der Waals surface area contributed by atoms with Crippen molar-refractivity contribution in [2.45, 2.75) is 25.2 Å². The molecule has 0 saturated carbocycles. The molecule has 34 heavy (non-hydrogen) atoms. The van der Waals surface area contributed by atoms with Crippen LogP contribution in [0.3, 0.4) is 0 Å². The van der Waals surface area contributed by atoms with Gasteiger partial charge in [-0.3, -0.25) is 9.10 Å². The fraction of sp³-hybridized carbons (Fsp3) is 0.200. The minimum absolute atomic E-state index is 0.0997. The highest BCUT2D eigenvalue weighted by molar-refractivity contribution is 9.10. The van der Waals surface area contributed by atoms with E-state index < -0.39 is 22.5 Å². The molecule has 3 aromatic rings. The number of anilines is 1. The zero-order valence-electron chi connectivity index (χ0n) is 18.9. The Balaban J connectivity index is 1.74. The summed E-state index contributed by atoms with van der Waals surface area (Å²) in [6.07, 6.45) is 2.41. The van der Waals surface area contributed by atoms with Crippen molar-refractivity contribution in [1.82, 2.24) is 5.43 Å². The Hall–Kier alpha value is -3.17. The van der Waals surface area contributed by atoms with Gasteiger partial charge in [0.05, 0.1) is 23.4 Å². The fourth-order valence-electron chi connectivity index (χ4n) is 2.97. The number of ether oxygens (including phenoxy) is 1. The van der Waals surface area contributed by atoms with Gasteiger partial charge in [-0.05, 0) is 79.6 Å². The molecule has 0 heterocycles. The number of sulfonamides is 1. The molecule has 1 N–H and O–H groups in total. The number of carbonyl (C=O) groups excluding carboxylic acids is 1. The van der Waals surface area contributed by atoms with Crippen molar-refractivity contribution in [3.8, 4) is 5.75 Å². The van der Waals surface area contributed by atoms with Gasteiger partial charge in [0, 0.05) is 4.47 Å². The minimum Gasteiger partial charge on any atom is -0.494 e. The van der Waals surface area contributed by atoms with E-state index in [1.54, 1.807) is 36.4 Å². The number of aryl methyl sites for hydroxylation is 1. The Morgan fingerprint density at radius 2 is 1.68 bits per heavy atom.